The van der Waals surface area contributed by atoms with Crippen LogP contribution in [0.3, 0.4) is 0 Å². The van der Waals surface area contributed by atoms with Gasteiger partial charge in [-0.15, -0.1) is 6.42 Å². The minimum atomic E-state index is -0.0714. The van der Waals surface area contributed by atoms with Crippen molar-refractivity contribution in [3.05, 3.63) is 0 Å². The van der Waals surface area contributed by atoms with Crippen LogP contribution in [0, 0.1) is 18.3 Å². The van der Waals surface area contributed by atoms with Crippen molar-refractivity contribution in [2.75, 3.05) is 6.54 Å². The van der Waals surface area contributed by atoms with Gasteiger partial charge in [0.15, 0.2) is 0 Å². The van der Waals surface area contributed by atoms with Gasteiger partial charge in [0.25, 0.3) is 0 Å². The molecule has 0 aromatic rings. The van der Waals surface area contributed by atoms with Gasteiger partial charge in [0.1, 0.15) is 0 Å². The van der Waals surface area contributed by atoms with Crippen LogP contribution >= 0.6 is 0 Å². The van der Waals surface area contributed by atoms with E-state index in [1.807, 2.05) is 6.92 Å². The van der Waals surface area contributed by atoms with Crippen LogP contribution in [0.4, 0.5) is 0 Å². The van der Waals surface area contributed by atoms with Gasteiger partial charge in [0.2, 0.25) is 0 Å². The molecule has 2 N–H and O–H groups in total. The molecule has 0 aromatic heterocycles. The van der Waals surface area contributed by atoms with Crippen LogP contribution in [-0.4, -0.2) is 23.8 Å². The van der Waals surface area contributed by atoms with Crippen molar-refractivity contribution in [3.63, 3.8) is 0 Å². The fourth-order valence-corrected chi connectivity index (χ4v) is 1.64. The van der Waals surface area contributed by atoms with Crippen LogP contribution in [-0.2, 0) is 0 Å². The second-order valence-corrected chi connectivity index (χ2v) is 3.63. The zero-order valence-corrected chi connectivity index (χ0v) is 7.59. The number of terminal acetylenes is 1. The third-order valence-electron chi connectivity index (χ3n) is 2.48. The summed E-state index contributed by atoms with van der Waals surface area (Å²) in [6.45, 7) is 2.92. The summed E-state index contributed by atoms with van der Waals surface area (Å²) in [5, 5.41) is 12.5. The monoisotopic (exact) mass is 167 g/mol. The number of hydrogen-bond donors (Lipinski definition) is 2. The zero-order chi connectivity index (χ0) is 8.97. The third kappa shape index (κ3) is 2.84. The number of rotatable bonds is 3. The predicted molar refractivity (Wildman–Crippen MR) is 49.6 cm³/mol. The maximum atomic E-state index is 9.25. The second kappa shape index (κ2) is 4.49. The minimum Gasteiger partial charge on any atom is -0.393 e. The van der Waals surface area contributed by atoms with Gasteiger partial charge in [0, 0.05) is 0 Å². The molecule has 2 nitrogen and oxygen atoms in total. The Bertz CT molecular complexity index is 173. The van der Waals surface area contributed by atoms with E-state index in [0.717, 1.165) is 25.8 Å². The lowest BCUT2D eigenvalue weighted by molar-refractivity contribution is 0.177. The first kappa shape index (κ1) is 9.57. The fourth-order valence-electron chi connectivity index (χ4n) is 1.64. The van der Waals surface area contributed by atoms with Crippen LogP contribution in [0.2, 0.25) is 0 Å². The third-order valence-corrected chi connectivity index (χ3v) is 2.48. The average Bonchev–Trinajstić information content (AvgIpc) is 2.47. The molecule has 0 bridgehead atoms. The minimum absolute atomic E-state index is 0.0714. The van der Waals surface area contributed by atoms with E-state index in [2.05, 4.69) is 11.2 Å². The number of aliphatic hydroxyl groups excluding tert-OH is 1. The largest absolute Gasteiger partial charge is 0.393 e. The van der Waals surface area contributed by atoms with Crippen molar-refractivity contribution in [1.82, 2.24) is 5.32 Å². The highest BCUT2D eigenvalue weighted by molar-refractivity contribution is 4.96. The zero-order valence-electron chi connectivity index (χ0n) is 7.59. The lowest BCUT2D eigenvalue weighted by Gasteiger charge is -2.12. The molecule has 0 aliphatic heterocycles. The van der Waals surface area contributed by atoms with E-state index >= 15 is 0 Å². The molecular weight excluding hydrogens is 150 g/mol. The first-order valence-electron chi connectivity index (χ1n) is 4.60. The number of aliphatic hydroxyl groups is 1. The topological polar surface area (TPSA) is 32.3 Å². The summed E-state index contributed by atoms with van der Waals surface area (Å²) in [7, 11) is 0. The molecule has 1 rings (SSSR count). The smallest absolute Gasteiger partial charge is 0.0658 e. The molecule has 0 saturated heterocycles. The maximum absolute atomic E-state index is 9.25. The van der Waals surface area contributed by atoms with E-state index in [0.29, 0.717) is 5.92 Å². The molecular formula is C10H17NO. The Hall–Kier alpha value is -0.520. The molecule has 1 aliphatic carbocycles. The SMILES string of the molecule is C#CC(C)NCC1CCC(O)C1. The van der Waals surface area contributed by atoms with Gasteiger partial charge in [-0.1, -0.05) is 5.92 Å². The highest BCUT2D eigenvalue weighted by Crippen LogP contribution is 2.24. The summed E-state index contributed by atoms with van der Waals surface area (Å²) in [4.78, 5) is 0. The molecule has 1 saturated carbocycles. The second-order valence-electron chi connectivity index (χ2n) is 3.63. The molecule has 3 unspecified atom stereocenters. The van der Waals surface area contributed by atoms with Gasteiger partial charge in [-0.3, -0.25) is 0 Å². The Morgan fingerprint density at radius 3 is 2.92 bits per heavy atom. The molecule has 0 amide bonds. The molecule has 0 spiro atoms. The van der Waals surface area contributed by atoms with Gasteiger partial charge in [-0.2, -0.15) is 0 Å². The lowest BCUT2D eigenvalue weighted by atomic mass is 10.1. The first-order valence-corrected chi connectivity index (χ1v) is 4.60. The molecule has 1 fully saturated rings. The Morgan fingerprint density at radius 2 is 2.42 bits per heavy atom. The van der Waals surface area contributed by atoms with Crippen LogP contribution < -0.4 is 5.32 Å². The van der Waals surface area contributed by atoms with Crippen molar-refractivity contribution < 1.29 is 5.11 Å². The van der Waals surface area contributed by atoms with Crippen LogP contribution in [0.15, 0.2) is 0 Å². The van der Waals surface area contributed by atoms with Crippen molar-refractivity contribution in [2.24, 2.45) is 5.92 Å². The molecule has 0 radical (unpaired) electrons. The summed E-state index contributed by atoms with van der Waals surface area (Å²) < 4.78 is 0. The quantitative estimate of drug-likeness (QED) is 0.608. The maximum Gasteiger partial charge on any atom is 0.0658 e. The Balaban J connectivity index is 2.12. The summed E-state index contributed by atoms with van der Waals surface area (Å²) in [5.41, 5.74) is 0. The van der Waals surface area contributed by atoms with E-state index in [1.165, 1.54) is 0 Å². The van der Waals surface area contributed by atoms with Crippen LogP contribution in [0.1, 0.15) is 26.2 Å². The summed E-state index contributed by atoms with van der Waals surface area (Å²) in [5.74, 6) is 3.25. The Kier molecular flexibility index (Phi) is 3.58. The van der Waals surface area contributed by atoms with Gasteiger partial charge < -0.3 is 10.4 Å². The lowest BCUT2D eigenvalue weighted by Crippen LogP contribution is -2.29. The normalized spacial score (nSPS) is 31.4. The average molecular weight is 167 g/mol. The molecule has 68 valence electrons. The van der Waals surface area contributed by atoms with Crippen molar-refractivity contribution in [2.45, 2.75) is 38.3 Å². The van der Waals surface area contributed by atoms with Gasteiger partial charge in [-0.25, -0.2) is 0 Å². The number of hydrogen-bond acceptors (Lipinski definition) is 2. The summed E-state index contributed by atoms with van der Waals surface area (Å²) >= 11 is 0. The fraction of sp³-hybridized carbons (Fsp3) is 0.800. The van der Waals surface area contributed by atoms with E-state index in [4.69, 9.17) is 6.42 Å². The van der Waals surface area contributed by atoms with Gasteiger partial charge in [0.05, 0.1) is 12.1 Å². The molecule has 3 atom stereocenters. The molecule has 0 aromatic carbocycles. The standard InChI is InChI=1S/C10H17NO/c1-3-8(2)11-7-9-4-5-10(12)6-9/h1,8-12H,4-7H2,2H3. The van der Waals surface area contributed by atoms with E-state index < -0.39 is 0 Å². The molecule has 2 heteroatoms. The first-order chi connectivity index (χ1) is 5.72. The van der Waals surface area contributed by atoms with Crippen molar-refractivity contribution in [3.8, 4) is 12.3 Å². The molecule has 12 heavy (non-hydrogen) atoms. The Labute approximate surface area is 74.4 Å². The summed E-state index contributed by atoms with van der Waals surface area (Å²) in [6, 6.07) is 0.155. The highest BCUT2D eigenvalue weighted by atomic mass is 16.3. The molecule has 0 heterocycles. The van der Waals surface area contributed by atoms with Crippen LogP contribution in [0.5, 0.6) is 0 Å². The van der Waals surface area contributed by atoms with E-state index in [1.54, 1.807) is 0 Å². The van der Waals surface area contributed by atoms with Gasteiger partial charge in [-0.05, 0) is 38.6 Å². The highest BCUT2D eigenvalue weighted by Gasteiger charge is 2.22. The predicted octanol–water partition coefficient (Wildman–Crippen LogP) is 0.759. The summed E-state index contributed by atoms with van der Waals surface area (Å²) in [6.07, 6.45) is 8.17. The Morgan fingerprint density at radius 1 is 1.67 bits per heavy atom. The van der Waals surface area contributed by atoms with Crippen molar-refractivity contribution >= 4 is 0 Å². The molecule has 1 aliphatic rings. The van der Waals surface area contributed by atoms with E-state index in [9.17, 15) is 5.11 Å². The van der Waals surface area contributed by atoms with Crippen molar-refractivity contribution in [1.29, 1.82) is 0 Å². The number of nitrogens with one attached hydrogen (secondary N) is 1. The van der Waals surface area contributed by atoms with Crippen LogP contribution in [0.25, 0.3) is 0 Å². The van der Waals surface area contributed by atoms with Gasteiger partial charge >= 0.3 is 0 Å². The van der Waals surface area contributed by atoms with E-state index in [-0.39, 0.29) is 12.1 Å².